The van der Waals surface area contributed by atoms with Crippen LogP contribution in [0.2, 0.25) is 0 Å². The van der Waals surface area contributed by atoms with Gasteiger partial charge in [-0.2, -0.15) is 0 Å². The summed E-state index contributed by atoms with van der Waals surface area (Å²) < 4.78 is 6.04. The maximum absolute atomic E-state index is 6.04. The molecule has 0 aromatic heterocycles. The van der Waals surface area contributed by atoms with Gasteiger partial charge in [0.25, 0.3) is 0 Å². The molecule has 1 unspecified atom stereocenters. The highest BCUT2D eigenvalue weighted by Crippen LogP contribution is 2.39. The molecule has 1 heterocycles. The highest BCUT2D eigenvalue weighted by Gasteiger charge is 2.25. The molecule has 1 atom stereocenters. The van der Waals surface area contributed by atoms with Crippen LogP contribution < -0.4 is 10.1 Å². The lowest BCUT2D eigenvalue weighted by Gasteiger charge is -2.26. The number of nitrogens with one attached hydrogen (secondary N) is 1. The van der Waals surface area contributed by atoms with Crippen molar-refractivity contribution in [1.82, 2.24) is 5.32 Å². The van der Waals surface area contributed by atoms with E-state index in [9.17, 15) is 0 Å². The van der Waals surface area contributed by atoms with Crippen LogP contribution in [0.25, 0.3) is 0 Å². The number of aryl methyl sites for hydroxylation is 1. The van der Waals surface area contributed by atoms with Crippen LogP contribution in [0, 0.1) is 6.92 Å². The van der Waals surface area contributed by atoms with Crippen molar-refractivity contribution in [2.45, 2.75) is 65.5 Å². The molecular weight excluding hydrogens is 234 g/mol. The van der Waals surface area contributed by atoms with Gasteiger partial charge >= 0.3 is 0 Å². The molecule has 1 aromatic rings. The number of hydrogen-bond acceptors (Lipinski definition) is 2. The summed E-state index contributed by atoms with van der Waals surface area (Å²) in [6, 6.07) is 5.40. The average Bonchev–Trinajstić information content (AvgIpc) is 2.52. The summed E-state index contributed by atoms with van der Waals surface area (Å²) in [5, 5.41) is 3.72. The van der Waals surface area contributed by atoms with Crippen LogP contribution in [-0.2, 0) is 0 Å². The first-order valence-corrected chi connectivity index (χ1v) is 7.53. The molecule has 1 aliphatic heterocycles. The zero-order chi connectivity index (χ0) is 14.0. The molecule has 0 saturated heterocycles. The Hall–Kier alpha value is -1.02. The van der Waals surface area contributed by atoms with Crippen LogP contribution in [-0.4, -0.2) is 12.6 Å². The van der Waals surface area contributed by atoms with Gasteiger partial charge in [0.1, 0.15) is 5.75 Å². The van der Waals surface area contributed by atoms with Crippen molar-refractivity contribution in [1.29, 1.82) is 0 Å². The summed E-state index contributed by atoms with van der Waals surface area (Å²) in [6.45, 7) is 12.0. The second-order valence-electron chi connectivity index (χ2n) is 6.23. The fourth-order valence-electron chi connectivity index (χ4n) is 2.95. The summed E-state index contributed by atoms with van der Waals surface area (Å²) in [6.07, 6.45) is 2.28. The molecule has 106 valence electrons. The summed E-state index contributed by atoms with van der Waals surface area (Å²) >= 11 is 0. The van der Waals surface area contributed by atoms with Crippen LogP contribution in [0.15, 0.2) is 12.1 Å². The van der Waals surface area contributed by atoms with Gasteiger partial charge in [0.2, 0.25) is 0 Å². The number of hydrogen-bond donors (Lipinski definition) is 1. The minimum Gasteiger partial charge on any atom is -0.493 e. The van der Waals surface area contributed by atoms with E-state index in [1.54, 1.807) is 0 Å². The SMILES string of the molecule is Cc1ccc(C(C)C)c2c1OCCCC2NC(C)C. The van der Waals surface area contributed by atoms with Crippen LogP contribution in [0.4, 0.5) is 0 Å². The van der Waals surface area contributed by atoms with Gasteiger partial charge in [-0.1, -0.05) is 39.8 Å². The molecule has 1 N–H and O–H groups in total. The summed E-state index contributed by atoms with van der Waals surface area (Å²) in [7, 11) is 0. The fourth-order valence-corrected chi connectivity index (χ4v) is 2.95. The first-order chi connectivity index (χ1) is 9.00. The first kappa shape index (κ1) is 14.4. The smallest absolute Gasteiger partial charge is 0.127 e. The molecule has 0 aliphatic carbocycles. The standard InChI is InChI=1S/C17H27NO/c1-11(2)14-9-8-13(5)17-16(14)15(18-12(3)4)7-6-10-19-17/h8-9,11-12,15,18H,6-7,10H2,1-5H3. The van der Waals surface area contributed by atoms with Crippen molar-refractivity contribution >= 4 is 0 Å². The Labute approximate surface area is 117 Å². The predicted molar refractivity (Wildman–Crippen MR) is 81.0 cm³/mol. The fraction of sp³-hybridized carbons (Fsp3) is 0.647. The molecule has 0 bridgehead atoms. The van der Waals surface area contributed by atoms with Crippen molar-refractivity contribution in [2.24, 2.45) is 0 Å². The Kier molecular flexibility index (Phi) is 4.51. The molecule has 0 spiro atoms. The molecule has 0 radical (unpaired) electrons. The minimum absolute atomic E-state index is 0.426. The highest BCUT2D eigenvalue weighted by molar-refractivity contribution is 5.49. The molecule has 19 heavy (non-hydrogen) atoms. The monoisotopic (exact) mass is 261 g/mol. The lowest BCUT2D eigenvalue weighted by atomic mass is 9.88. The van der Waals surface area contributed by atoms with Crippen molar-refractivity contribution < 1.29 is 4.74 Å². The minimum atomic E-state index is 0.426. The summed E-state index contributed by atoms with van der Waals surface area (Å²) in [5.41, 5.74) is 4.10. The lowest BCUT2D eigenvalue weighted by Crippen LogP contribution is -2.28. The van der Waals surface area contributed by atoms with E-state index in [0.717, 1.165) is 25.2 Å². The predicted octanol–water partition coefficient (Wildman–Crippen LogP) is 4.33. The van der Waals surface area contributed by atoms with E-state index in [0.29, 0.717) is 18.0 Å². The number of fused-ring (bicyclic) bond motifs is 1. The van der Waals surface area contributed by atoms with Gasteiger partial charge in [0.05, 0.1) is 6.61 Å². The van der Waals surface area contributed by atoms with Crippen molar-refractivity contribution in [3.8, 4) is 5.75 Å². The first-order valence-electron chi connectivity index (χ1n) is 7.53. The lowest BCUT2D eigenvalue weighted by molar-refractivity contribution is 0.312. The van der Waals surface area contributed by atoms with Gasteiger partial charge in [0.15, 0.2) is 0 Å². The topological polar surface area (TPSA) is 21.3 Å². The van der Waals surface area contributed by atoms with Crippen LogP contribution in [0.3, 0.4) is 0 Å². The van der Waals surface area contributed by atoms with Gasteiger partial charge in [-0.25, -0.2) is 0 Å². The third-order valence-electron chi connectivity index (χ3n) is 3.82. The van der Waals surface area contributed by atoms with Crippen molar-refractivity contribution in [3.05, 3.63) is 28.8 Å². The van der Waals surface area contributed by atoms with E-state index in [4.69, 9.17) is 4.74 Å². The third-order valence-corrected chi connectivity index (χ3v) is 3.82. The molecule has 0 fully saturated rings. The molecular formula is C17H27NO. The zero-order valence-electron chi connectivity index (χ0n) is 12.9. The molecule has 2 nitrogen and oxygen atoms in total. The second-order valence-corrected chi connectivity index (χ2v) is 6.23. The number of benzene rings is 1. The normalized spacial score (nSPS) is 19.2. The second kappa shape index (κ2) is 5.96. The summed E-state index contributed by atoms with van der Waals surface area (Å²) in [4.78, 5) is 0. The summed E-state index contributed by atoms with van der Waals surface area (Å²) in [5.74, 6) is 1.66. The van der Waals surface area contributed by atoms with Gasteiger partial charge in [-0.05, 0) is 36.8 Å². The van der Waals surface area contributed by atoms with E-state index in [2.05, 4.69) is 52.1 Å². The maximum Gasteiger partial charge on any atom is 0.127 e. The van der Waals surface area contributed by atoms with E-state index < -0.39 is 0 Å². The van der Waals surface area contributed by atoms with Gasteiger partial charge in [-0.15, -0.1) is 0 Å². The molecule has 0 saturated carbocycles. The Morgan fingerprint density at radius 3 is 2.58 bits per heavy atom. The molecule has 0 amide bonds. The Balaban J connectivity index is 2.51. The Morgan fingerprint density at radius 1 is 1.21 bits per heavy atom. The zero-order valence-corrected chi connectivity index (χ0v) is 12.9. The van der Waals surface area contributed by atoms with E-state index in [1.165, 1.54) is 16.7 Å². The van der Waals surface area contributed by atoms with Crippen LogP contribution in [0.5, 0.6) is 5.75 Å². The highest BCUT2D eigenvalue weighted by atomic mass is 16.5. The molecule has 1 aliphatic rings. The number of ether oxygens (including phenoxy) is 1. The third kappa shape index (κ3) is 3.11. The molecule has 2 rings (SSSR count). The maximum atomic E-state index is 6.04. The quantitative estimate of drug-likeness (QED) is 0.874. The Bertz CT molecular complexity index is 437. The largest absolute Gasteiger partial charge is 0.493 e. The Morgan fingerprint density at radius 2 is 1.95 bits per heavy atom. The van der Waals surface area contributed by atoms with Gasteiger partial charge < -0.3 is 10.1 Å². The van der Waals surface area contributed by atoms with Crippen molar-refractivity contribution in [3.63, 3.8) is 0 Å². The van der Waals surface area contributed by atoms with Crippen LogP contribution >= 0.6 is 0 Å². The van der Waals surface area contributed by atoms with Gasteiger partial charge in [-0.3, -0.25) is 0 Å². The number of rotatable bonds is 3. The molecule has 2 heteroatoms. The van der Waals surface area contributed by atoms with E-state index in [-0.39, 0.29) is 0 Å². The van der Waals surface area contributed by atoms with Crippen LogP contribution in [0.1, 0.15) is 69.2 Å². The van der Waals surface area contributed by atoms with E-state index >= 15 is 0 Å². The van der Waals surface area contributed by atoms with E-state index in [1.807, 2.05) is 0 Å². The van der Waals surface area contributed by atoms with Crippen molar-refractivity contribution in [2.75, 3.05) is 6.61 Å². The van der Waals surface area contributed by atoms with Gasteiger partial charge in [0, 0.05) is 17.6 Å². The average molecular weight is 261 g/mol. The molecule has 1 aromatic carbocycles.